The first-order chi connectivity index (χ1) is 15.7. The molecule has 0 saturated carbocycles. The molecule has 2 aromatic heterocycles. The average Bonchev–Trinajstić information content (AvgIpc) is 3.27. The lowest BCUT2D eigenvalue weighted by molar-refractivity contribution is 0.602. The second-order valence-corrected chi connectivity index (χ2v) is 10.0. The van der Waals surface area contributed by atoms with Gasteiger partial charge in [0.05, 0.1) is 15.4 Å². The van der Waals surface area contributed by atoms with Gasteiger partial charge in [0.2, 0.25) is 0 Å². The Bertz CT molecular complexity index is 1630. The Hall–Kier alpha value is -3.56. The van der Waals surface area contributed by atoms with Crippen molar-refractivity contribution in [2.24, 2.45) is 0 Å². The largest absolute Gasteiger partial charge is 0.329 e. The minimum atomic E-state index is -3.27. The van der Waals surface area contributed by atoms with Crippen LogP contribution in [0.3, 0.4) is 0 Å². The van der Waals surface area contributed by atoms with E-state index in [9.17, 15) is 12.8 Å². The van der Waals surface area contributed by atoms with Crippen molar-refractivity contribution in [1.29, 1.82) is 0 Å². The average molecular weight is 482 g/mol. The third-order valence-electron chi connectivity index (χ3n) is 5.44. The highest BCUT2D eigenvalue weighted by atomic mass is 35.5. The molecule has 3 aromatic carbocycles. The number of rotatable bonds is 4. The maximum atomic E-state index is 14.4. The second-order valence-electron chi connectivity index (χ2n) is 7.63. The number of nitrogens with zero attached hydrogens (tertiary/aromatic N) is 5. The molecule has 2 heterocycles. The molecule has 5 rings (SSSR count). The smallest absolute Gasteiger partial charge is 0.257 e. The number of hydrogen-bond donors (Lipinski definition) is 0. The van der Waals surface area contributed by atoms with Crippen LogP contribution in [0, 0.1) is 5.82 Å². The monoisotopic (exact) mass is 481 g/mol. The second kappa shape index (κ2) is 7.79. The zero-order chi connectivity index (χ0) is 23.3. The summed E-state index contributed by atoms with van der Waals surface area (Å²) in [6.07, 6.45) is 2.68. The third kappa shape index (κ3) is 3.79. The Morgan fingerprint density at radius 3 is 2.52 bits per heavy atom. The molecule has 0 N–H and O–H groups in total. The molecule has 0 amide bonds. The summed E-state index contributed by atoms with van der Waals surface area (Å²) >= 11 is 6.03. The van der Waals surface area contributed by atoms with E-state index in [2.05, 4.69) is 15.2 Å². The standard InChI is InChI=1S/C23H17ClFN5O2S/c1-29(16-5-3-4-15(10-16)14-6-8-17(9-7-14)33(2,31)32)22-18-11-20(25)19(24)12-21(18)30-13-26-28-23(30)27-22/h3-13H,1-2H3. The molecule has 0 saturated heterocycles. The fourth-order valence-corrected chi connectivity index (χ4v) is 4.50. The fourth-order valence-electron chi connectivity index (χ4n) is 3.71. The van der Waals surface area contributed by atoms with Gasteiger partial charge in [-0.2, -0.15) is 4.98 Å². The van der Waals surface area contributed by atoms with Crippen LogP contribution in [0.1, 0.15) is 0 Å². The van der Waals surface area contributed by atoms with Crippen molar-refractivity contribution in [2.45, 2.75) is 4.90 Å². The zero-order valence-corrected chi connectivity index (χ0v) is 19.1. The van der Waals surface area contributed by atoms with E-state index in [1.807, 2.05) is 36.2 Å². The predicted octanol–water partition coefficient (Wildman–Crippen LogP) is 4.91. The molecule has 5 aromatic rings. The summed E-state index contributed by atoms with van der Waals surface area (Å²) < 4.78 is 39.5. The maximum absolute atomic E-state index is 14.4. The summed E-state index contributed by atoms with van der Waals surface area (Å²) in [5.41, 5.74) is 3.18. The summed E-state index contributed by atoms with van der Waals surface area (Å²) in [5.74, 6) is 0.304. The molecule has 10 heteroatoms. The molecular weight excluding hydrogens is 465 g/mol. The lowest BCUT2D eigenvalue weighted by atomic mass is 10.0. The van der Waals surface area contributed by atoms with Crippen molar-refractivity contribution in [2.75, 3.05) is 18.2 Å². The van der Waals surface area contributed by atoms with Gasteiger partial charge in [-0.05, 0) is 47.5 Å². The zero-order valence-electron chi connectivity index (χ0n) is 17.6. The van der Waals surface area contributed by atoms with E-state index in [1.165, 1.54) is 24.7 Å². The number of anilines is 2. The van der Waals surface area contributed by atoms with E-state index in [-0.39, 0.29) is 9.92 Å². The molecule has 0 bridgehead atoms. The van der Waals surface area contributed by atoms with Crippen molar-refractivity contribution in [3.63, 3.8) is 0 Å². The van der Waals surface area contributed by atoms with Gasteiger partial charge in [0.15, 0.2) is 9.84 Å². The number of hydrogen-bond acceptors (Lipinski definition) is 6. The molecule has 0 aliphatic rings. The number of aromatic nitrogens is 4. The van der Waals surface area contributed by atoms with Crippen molar-refractivity contribution in [1.82, 2.24) is 19.6 Å². The maximum Gasteiger partial charge on any atom is 0.257 e. The molecule has 0 radical (unpaired) electrons. The Labute approximate surface area is 194 Å². The van der Waals surface area contributed by atoms with Crippen LogP contribution in [0.15, 0.2) is 71.9 Å². The van der Waals surface area contributed by atoms with E-state index in [4.69, 9.17) is 11.6 Å². The van der Waals surface area contributed by atoms with Crippen LogP contribution in [0.4, 0.5) is 15.9 Å². The Morgan fingerprint density at radius 1 is 1.03 bits per heavy atom. The Morgan fingerprint density at radius 2 is 1.79 bits per heavy atom. The molecule has 0 atom stereocenters. The van der Waals surface area contributed by atoms with Gasteiger partial charge >= 0.3 is 0 Å². The van der Waals surface area contributed by atoms with Gasteiger partial charge in [-0.3, -0.25) is 4.40 Å². The highest BCUT2D eigenvalue weighted by Crippen LogP contribution is 2.34. The summed E-state index contributed by atoms with van der Waals surface area (Å²) in [6, 6.07) is 17.3. The van der Waals surface area contributed by atoms with Crippen LogP contribution in [0.5, 0.6) is 0 Å². The van der Waals surface area contributed by atoms with E-state index in [1.54, 1.807) is 28.7 Å². The van der Waals surface area contributed by atoms with Gasteiger partial charge in [-0.25, -0.2) is 12.8 Å². The van der Waals surface area contributed by atoms with Crippen LogP contribution < -0.4 is 4.90 Å². The van der Waals surface area contributed by atoms with Crippen molar-refractivity contribution in [3.05, 3.63) is 77.8 Å². The summed E-state index contributed by atoms with van der Waals surface area (Å²) in [6.45, 7) is 0. The van der Waals surface area contributed by atoms with Gasteiger partial charge in [-0.1, -0.05) is 35.9 Å². The SMILES string of the molecule is CN(c1cccc(-c2ccc(S(C)(=O)=O)cc2)c1)c1nc2nncn2c2cc(Cl)c(F)cc12. The van der Waals surface area contributed by atoms with Crippen LogP contribution >= 0.6 is 11.6 Å². The number of benzene rings is 3. The highest BCUT2D eigenvalue weighted by molar-refractivity contribution is 7.90. The molecule has 7 nitrogen and oxygen atoms in total. The number of fused-ring (bicyclic) bond motifs is 3. The minimum Gasteiger partial charge on any atom is -0.329 e. The lowest BCUT2D eigenvalue weighted by Crippen LogP contribution is -2.13. The van der Waals surface area contributed by atoms with Gasteiger partial charge in [0, 0.05) is 24.4 Å². The van der Waals surface area contributed by atoms with E-state index >= 15 is 0 Å². The molecule has 0 unspecified atom stereocenters. The molecular formula is C23H17ClFN5O2S. The van der Waals surface area contributed by atoms with E-state index < -0.39 is 15.7 Å². The lowest BCUT2D eigenvalue weighted by Gasteiger charge is -2.21. The van der Waals surface area contributed by atoms with Crippen molar-refractivity contribution < 1.29 is 12.8 Å². The topological polar surface area (TPSA) is 80.5 Å². The van der Waals surface area contributed by atoms with Gasteiger partial charge in [0.1, 0.15) is 18.0 Å². The van der Waals surface area contributed by atoms with Gasteiger partial charge < -0.3 is 4.90 Å². The van der Waals surface area contributed by atoms with Crippen molar-refractivity contribution >= 4 is 49.6 Å². The fraction of sp³-hybridized carbons (Fsp3) is 0.0870. The number of halogens is 2. The molecule has 166 valence electrons. The van der Waals surface area contributed by atoms with Crippen LogP contribution in [0.25, 0.3) is 27.8 Å². The molecule has 0 fully saturated rings. The summed E-state index contributed by atoms with van der Waals surface area (Å²) in [4.78, 5) is 6.68. The van der Waals surface area contributed by atoms with Crippen LogP contribution in [-0.2, 0) is 9.84 Å². The summed E-state index contributed by atoms with van der Waals surface area (Å²) in [5, 5.41) is 8.49. The first-order valence-corrected chi connectivity index (χ1v) is 12.1. The predicted molar refractivity (Wildman–Crippen MR) is 126 cm³/mol. The van der Waals surface area contributed by atoms with E-state index in [0.29, 0.717) is 22.5 Å². The summed E-state index contributed by atoms with van der Waals surface area (Å²) in [7, 11) is -1.44. The quantitative estimate of drug-likeness (QED) is 0.363. The van der Waals surface area contributed by atoms with Gasteiger partial charge in [-0.15, -0.1) is 10.2 Å². The molecule has 0 aliphatic heterocycles. The van der Waals surface area contributed by atoms with E-state index in [0.717, 1.165) is 16.8 Å². The van der Waals surface area contributed by atoms with Crippen LogP contribution in [0.2, 0.25) is 5.02 Å². The molecule has 0 spiro atoms. The molecule has 33 heavy (non-hydrogen) atoms. The minimum absolute atomic E-state index is 0.00293. The van der Waals surface area contributed by atoms with Gasteiger partial charge in [0.25, 0.3) is 5.78 Å². The molecule has 0 aliphatic carbocycles. The van der Waals surface area contributed by atoms with Crippen molar-refractivity contribution in [3.8, 4) is 11.1 Å². The normalized spacial score (nSPS) is 11.9. The Kier molecular flexibility index (Phi) is 5.02. The third-order valence-corrected chi connectivity index (χ3v) is 6.86. The highest BCUT2D eigenvalue weighted by Gasteiger charge is 2.17. The first-order valence-electron chi connectivity index (χ1n) is 9.85. The number of sulfone groups is 1. The first kappa shape index (κ1) is 21.3. The van der Waals surface area contributed by atoms with Crippen LogP contribution in [-0.4, -0.2) is 41.3 Å². The Balaban J connectivity index is 1.62.